The lowest BCUT2D eigenvalue weighted by Crippen LogP contribution is -2.48. The Bertz CT molecular complexity index is 266. The third kappa shape index (κ3) is 3.66. The van der Waals surface area contributed by atoms with Gasteiger partial charge in [0.25, 0.3) is 0 Å². The molecule has 1 fully saturated rings. The van der Waals surface area contributed by atoms with E-state index in [2.05, 4.69) is 5.32 Å². The molecule has 1 unspecified atom stereocenters. The van der Waals surface area contributed by atoms with E-state index in [9.17, 15) is 9.59 Å². The minimum atomic E-state index is -0.997. The Hall–Kier alpha value is -0.790. The van der Waals surface area contributed by atoms with Crippen molar-refractivity contribution in [3.8, 4) is 0 Å². The van der Waals surface area contributed by atoms with Crippen LogP contribution in [0.15, 0.2) is 0 Å². The molecule has 1 heterocycles. The highest BCUT2D eigenvalue weighted by molar-refractivity contribution is 7.99. The van der Waals surface area contributed by atoms with Crippen LogP contribution in [0, 0.1) is 0 Å². The minimum absolute atomic E-state index is 0.0593. The van der Waals surface area contributed by atoms with Crippen LogP contribution in [0.3, 0.4) is 0 Å². The number of hydrogen-bond acceptors (Lipinski definition) is 5. The lowest BCUT2D eigenvalue weighted by atomic mass is 10.0. The molecule has 2 amide bonds. The van der Waals surface area contributed by atoms with Crippen molar-refractivity contribution in [1.29, 1.82) is 0 Å². The number of primary amides is 1. The van der Waals surface area contributed by atoms with Crippen molar-refractivity contribution in [2.45, 2.75) is 12.0 Å². The summed E-state index contributed by atoms with van der Waals surface area (Å²) in [5, 5.41) is 11.2. The number of carbonyl (C=O) groups excluding carboxylic acids is 2. The lowest BCUT2D eigenvalue weighted by molar-refractivity contribution is -0.138. The zero-order valence-corrected chi connectivity index (χ0v) is 9.72. The fourth-order valence-corrected chi connectivity index (χ4v) is 2.85. The molecule has 0 saturated carbocycles. The molecule has 92 valence electrons. The van der Waals surface area contributed by atoms with Crippen molar-refractivity contribution >= 4 is 23.6 Å². The quantitative estimate of drug-likeness (QED) is 0.512. The maximum absolute atomic E-state index is 11.0. The maximum atomic E-state index is 11.0. The Balaban J connectivity index is 2.44. The highest BCUT2D eigenvalue weighted by Gasteiger charge is 2.36. The summed E-state index contributed by atoms with van der Waals surface area (Å²) in [6, 6.07) is 0. The van der Waals surface area contributed by atoms with Crippen LogP contribution in [0.1, 0.15) is 6.42 Å². The first-order valence-electron chi connectivity index (χ1n) is 5.00. The van der Waals surface area contributed by atoms with Gasteiger partial charge in [-0.3, -0.25) is 9.59 Å². The Morgan fingerprint density at radius 2 is 2.31 bits per heavy atom. The first kappa shape index (κ1) is 13.3. The van der Waals surface area contributed by atoms with Crippen LogP contribution in [0.4, 0.5) is 0 Å². The van der Waals surface area contributed by atoms with Gasteiger partial charge in [-0.15, -0.1) is 0 Å². The van der Waals surface area contributed by atoms with Crippen molar-refractivity contribution in [1.82, 2.24) is 5.32 Å². The van der Waals surface area contributed by atoms with Gasteiger partial charge < -0.3 is 20.9 Å². The number of thioether (sulfide) groups is 1. The molecule has 0 aliphatic carbocycles. The molecule has 0 aromatic rings. The highest BCUT2D eigenvalue weighted by Crippen LogP contribution is 2.30. The number of nitrogens with one attached hydrogen (secondary N) is 1. The summed E-state index contributed by atoms with van der Waals surface area (Å²) in [4.78, 5) is 21.6. The summed E-state index contributed by atoms with van der Waals surface area (Å²) in [5.41, 5.74) is 4.35. The Morgan fingerprint density at radius 3 is 2.81 bits per heavy atom. The number of ether oxygens (including phenoxy) is 1. The normalized spacial score (nSPS) is 24.3. The highest BCUT2D eigenvalue weighted by atomic mass is 32.2. The first-order chi connectivity index (χ1) is 7.59. The van der Waals surface area contributed by atoms with Gasteiger partial charge in [0.1, 0.15) is 0 Å². The van der Waals surface area contributed by atoms with Crippen LogP contribution in [0.5, 0.6) is 0 Å². The van der Waals surface area contributed by atoms with Crippen LogP contribution in [-0.4, -0.2) is 53.8 Å². The van der Waals surface area contributed by atoms with Crippen molar-refractivity contribution < 1.29 is 19.4 Å². The van der Waals surface area contributed by atoms with Crippen molar-refractivity contribution in [3.05, 3.63) is 0 Å². The van der Waals surface area contributed by atoms with Gasteiger partial charge in [0.15, 0.2) is 0 Å². The van der Waals surface area contributed by atoms with Gasteiger partial charge in [0.2, 0.25) is 0 Å². The topological polar surface area (TPSA) is 102 Å². The molecule has 1 aliphatic heterocycles. The Labute approximate surface area is 97.9 Å². The first-order valence-corrected chi connectivity index (χ1v) is 6.15. The molecule has 1 rings (SSSR count). The van der Waals surface area contributed by atoms with Gasteiger partial charge in [0, 0.05) is 12.3 Å². The van der Waals surface area contributed by atoms with Gasteiger partial charge in [-0.2, -0.15) is 11.8 Å². The molecule has 4 N–H and O–H groups in total. The molecule has 1 aliphatic rings. The summed E-state index contributed by atoms with van der Waals surface area (Å²) in [5.74, 6) is -0.115. The number of aliphatic hydroxyl groups excluding tert-OH is 1. The number of rotatable bonds is 5. The average Bonchev–Trinajstić information content (AvgIpc) is 2.72. The van der Waals surface area contributed by atoms with Crippen LogP contribution < -0.4 is 11.1 Å². The molecule has 7 heteroatoms. The zero-order chi connectivity index (χ0) is 12.0. The van der Waals surface area contributed by atoms with Gasteiger partial charge in [-0.05, 0) is 12.2 Å². The number of hydrogen-bond donors (Lipinski definition) is 3. The van der Waals surface area contributed by atoms with Crippen LogP contribution in [0.2, 0.25) is 0 Å². The number of carbonyl (C=O) groups is 2. The van der Waals surface area contributed by atoms with Crippen molar-refractivity contribution in [3.63, 3.8) is 0 Å². The van der Waals surface area contributed by atoms with E-state index in [0.717, 1.165) is 17.9 Å². The SMILES string of the molecule is NC(=O)C(=O)NCC1(OCCO)CCSC1. The smallest absolute Gasteiger partial charge is 0.309 e. The van der Waals surface area contributed by atoms with Crippen molar-refractivity contribution in [2.75, 3.05) is 31.3 Å². The lowest BCUT2D eigenvalue weighted by Gasteiger charge is -2.28. The minimum Gasteiger partial charge on any atom is -0.394 e. The fraction of sp³-hybridized carbons (Fsp3) is 0.778. The molecule has 1 saturated heterocycles. The largest absolute Gasteiger partial charge is 0.394 e. The number of nitrogens with two attached hydrogens (primary N) is 1. The van der Waals surface area contributed by atoms with Gasteiger partial charge >= 0.3 is 11.8 Å². The van der Waals surface area contributed by atoms with E-state index in [1.807, 2.05) is 0 Å². The summed E-state index contributed by atoms with van der Waals surface area (Å²) in [6.45, 7) is 0.422. The van der Waals surface area contributed by atoms with E-state index >= 15 is 0 Å². The molecule has 0 spiro atoms. The number of amides is 2. The molecule has 16 heavy (non-hydrogen) atoms. The summed E-state index contributed by atoms with van der Waals surface area (Å²) < 4.78 is 5.53. The van der Waals surface area contributed by atoms with E-state index in [1.165, 1.54) is 0 Å². The van der Waals surface area contributed by atoms with E-state index in [0.29, 0.717) is 0 Å². The van der Waals surface area contributed by atoms with Gasteiger partial charge in [-0.25, -0.2) is 0 Å². The monoisotopic (exact) mass is 248 g/mol. The standard InChI is InChI=1S/C9H16N2O4S/c10-7(13)8(14)11-5-9(15-3-2-12)1-4-16-6-9/h12H,1-6H2,(H2,10,13)(H,11,14). The maximum Gasteiger partial charge on any atom is 0.309 e. The second-order valence-corrected chi connectivity index (χ2v) is 4.71. The van der Waals surface area contributed by atoms with E-state index in [-0.39, 0.29) is 19.8 Å². The predicted octanol–water partition coefficient (Wildman–Crippen LogP) is -1.53. The molecule has 0 aromatic heterocycles. The average molecular weight is 248 g/mol. The third-order valence-corrected chi connectivity index (χ3v) is 3.58. The Morgan fingerprint density at radius 1 is 1.56 bits per heavy atom. The van der Waals surface area contributed by atoms with Crippen LogP contribution in [-0.2, 0) is 14.3 Å². The molecule has 1 atom stereocenters. The fourth-order valence-electron chi connectivity index (χ4n) is 1.48. The van der Waals surface area contributed by atoms with E-state index < -0.39 is 17.4 Å². The van der Waals surface area contributed by atoms with Gasteiger partial charge in [0.05, 0.1) is 18.8 Å². The summed E-state index contributed by atoms with van der Waals surface area (Å²) in [6.07, 6.45) is 0.788. The van der Waals surface area contributed by atoms with Crippen LogP contribution >= 0.6 is 11.8 Å². The zero-order valence-electron chi connectivity index (χ0n) is 8.90. The van der Waals surface area contributed by atoms with Crippen LogP contribution in [0.25, 0.3) is 0 Å². The third-order valence-electron chi connectivity index (χ3n) is 2.36. The molecular formula is C9H16N2O4S. The van der Waals surface area contributed by atoms with E-state index in [4.69, 9.17) is 15.6 Å². The van der Waals surface area contributed by atoms with Crippen molar-refractivity contribution in [2.24, 2.45) is 5.73 Å². The van der Waals surface area contributed by atoms with E-state index in [1.54, 1.807) is 11.8 Å². The molecular weight excluding hydrogens is 232 g/mol. The summed E-state index contributed by atoms with van der Waals surface area (Å²) in [7, 11) is 0. The second kappa shape index (κ2) is 6.07. The molecule has 6 nitrogen and oxygen atoms in total. The Kier molecular flexibility index (Phi) is 5.04. The predicted molar refractivity (Wildman–Crippen MR) is 59.9 cm³/mol. The molecule has 0 aromatic carbocycles. The molecule has 0 bridgehead atoms. The molecule has 0 radical (unpaired) electrons. The number of aliphatic hydroxyl groups is 1. The summed E-state index contributed by atoms with van der Waals surface area (Å²) >= 11 is 1.72. The second-order valence-electron chi connectivity index (χ2n) is 3.60. The van der Waals surface area contributed by atoms with Gasteiger partial charge in [-0.1, -0.05) is 0 Å².